The summed E-state index contributed by atoms with van der Waals surface area (Å²) >= 11 is 0. The number of nitrogen functional groups attached to an aromatic ring is 1. The zero-order valence-electron chi connectivity index (χ0n) is 9.93. The van der Waals surface area contributed by atoms with Gasteiger partial charge in [0.05, 0.1) is 0 Å². The molecule has 0 fully saturated rings. The number of nitrogens with two attached hydrogens (primary N) is 1. The van der Waals surface area contributed by atoms with E-state index >= 15 is 0 Å². The standard InChI is InChI=1S/C12H18N2O.ClH/c1-4-9(2)14(3)12(15)10-5-7-11(13)8-6-10;/h5-9H,4,13H2,1-3H3;1H. The van der Waals surface area contributed by atoms with E-state index in [0.717, 1.165) is 6.42 Å². The topological polar surface area (TPSA) is 46.3 Å². The van der Waals surface area contributed by atoms with Gasteiger partial charge in [-0.15, -0.1) is 12.4 Å². The van der Waals surface area contributed by atoms with Crippen LogP contribution in [0.25, 0.3) is 0 Å². The lowest BCUT2D eigenvalue weighted by Gasteiger charge is -2.23. The lowest BCUT2D eigenvalue weighted by atomic mass is 10.1. The van der Waals surface area contributed by atoms with Crippen molar-refractivity contribution in [1.82, 2.24) is 4.90 Å². The van der Waals surface area contributed by atoms with Crippen LogP contribution >= 0.6 is 12.4 Å². The Hall–Kier alpha value is -1.22. The van der Waals surface area contributed by atoms with Gasteiger partial charge in [0.2, 0.25) is 0 Å². The van der Waals surface area contributed by atoms with E-state index in [4.69, 9.17) is 5.73 Å². The number of anilines is 1. The maximum Gasteiger partial charge on any atom is 0.253 e. The average molecular weight is 243 g/mol. The Bertz CT molecular complexity index is 337. The molecule has 0 saturated heterocycles. The normalized spacial score (nSPS) is 11.4. The molecule has 3 nitrogen and oxygen atoms in total. The molecule has 0 radical (unpaired) electrons. The number of amides is 1. The van der Waals surface area contributed by atoms with Crippen LogP contribution < -0.4 is 5.73 Å². The number of carbonyl (C=O) groups is 1. The molecule has 16 heavy (non-hydrogen) atoms. The zero-order valence-corrected chi connectivity index (χ0v) is 10.8. The highest BCUT2D eigenvalue weighted by molar-refractivity contribution is 5.94. The number of benzene rings is 1. The Kier molecular flexibility index (Phi) is 5.89. The van der Waals surface area contributed by atoms with Gasteiger partial charge in [0.15, 0.2) is 0 Å². The summed E-state index contributed by atoms with van der Waals surface area (Å²) in [5, 5.41) is 0. The van der Waals surface area contributed by atoms with Crippen molar-refractivity contribution in [2.24, 2.45) is 0 Å². The van der Waals surface area contributed by atoms with Gasteiger partial charge in [0.25, 0.3) is 5.91 Å². The van der Waals surface area contributed by atoms with Crippen LogP contribution in [-0.2, 0) is 0 Å². The Morgan fingerprint density at radius 1 is 1.38 bits per heavy atom. The van der Waals surface area contributed by atoms with Crippen molar-refractivity contribution >= 4 is 24.0 Å². The van der Waals surface area contributed by atoms with E-state index < -0.39 is 0 Å². The number of halogens is 1. The molecule has 0 aliphatic heterocycles. The number of hydrogen-bond acceptors (Lipinski definition) is 2. The van der Waals surface area contributed by atoms with Gasteiger partial charge in [-0.1, -0.05) is 6.92 Å². The molecular formula is C12H19ClN2O. The summed E-state index contributed by atoms with van der Waals surface area (Å²) in [5.74, 6) is 0.0457. The second-order valence-electron chi connectivity index (χ2n) is 3.80. The Balaban J connectivity index is 0.00000225. The molecule has 0 saturated carbocycles. The Morgan fingerprint density at radius 3 is 2.31 bits per heavy atom. The highest BCUT2D eigenvalue weighted by Gasteiger charge is 2.15. The first-order chi connectivity index (χ1) is 7.06. The SMILES string of the molecule is CCC(C)N(C)C(=O)c1ccc(N)cc1.Cl. The van der Waals surface area contributed by atoms with Crippen LogP contribution in [0.5, 0.6) is 0 Å². The van der Waals surface area contributed by atoms with Gasteiger partial charge in [0, 0.05) is 24.3 Å². The fraction of sp³-hybridized carbons (Fsp3) is 0.417. The highest BCUT2D eigenvalue weighted by Crippen LogP contribution is 2.10. The number of hydrogen-bond donors (Lipinski definition) is 1. The molecule has 0 aliphatic rings. The predicted molar refractivity (Wildman–Crippen MR) is 69.9 cm³/mol. The molecule has 90 valence electrons. The summed E-state index contributed by atoms with van der Waals surface area (Å²) in [6, 6.07) is 7.28. The van der Waals surface area contributed by atoms with Crippen LogP contribution in [0.1, 0.15) is 30.6 Å². The first-order valence-corrected chi connectivity index (χ1v) is 5.19. The van der Waals surface area contributed by atoms with Crippen LogP contribution in [0.3, 0.4) is 0 Å². The Morgan fingerprint density at radius 2 is 1.88 bits per heavy atom. The van der Waals surface area contributed by atoms with Crippen molar-refractivity contribution in [3.8, 4) is 0 Å². The fourth-order valence-corrected chi connectivity index (χ4v) is 1.30. The smallest absolute Gasteiger partial charge is 0.253 e. The monoisotopic (exact) mass is 242 g/mol. The molecule has 0 heterocycles. The largest absolute Gasteiger partial charge is 0.399 e. The van der Waals surface area contributed by atoms with Crippen molar-refractivity contribution in [2.75, 3.05) is 12.8 Å². The number of carbonyl (C=O) groups excluding carboxylic acids is 1. The average Bonchev–Trinajstić information content (AvgIpc) is 2.27. The molecular weight excluding hydrogens is 224 g/mol. The molecule has 0 aromatic heterocycles. The second kappa shape index (κ2) is 6.38. The van der Waals surface area contributed by atoms with Crippen molar-refractivity contribution in [2.45, 2.75) is 26.3 Å². The first kappa shape index (κ1) is 14.8. The molecule has 1 amide bonds. The van der Waals surface area contributed by atoms with Crippen LogP contribution in [0.15, 0.2) is 24.3 Å². The van der Waals surface area contributed by atoms with Gasteiger partial charge in [-0.2, -0.15) is 0 Å². The first-order valence-electron chi connectivity index (χ1n) is 5.19. The molecule has 0 aliphatic carbocycles. The minimum atomic E-state index is 0. The predicted octanol–water partition coefficient (Wildman–Crippen LogP) is 2.56. The van der Waals surface area contributed by atoms with Crippen LogP contribution in [0.2, 0.25) is 0 Å². The maximum absolute atomic E-state index is 11.9. The summed E-state index contributed by atoms with van der Waals surface area (Å²) in [6.07, 6.45) is 0.956. The molecule has 4 heteroatoms. The van der Waals surface area contributed by atoms with Gasteiger partial charge < -0.3 is 10.6 Å². The number of nitrogens with zero attached hydrogens (tertiary/aromatic N) is 1. The second-order valence-corrected chi connectivity index (χ2v) is 3.80. The van der Waals surface area contributed by atoms with E-state index in [1.807, 2.05) is 14.0 Å². The van der Waals surface area contributed by atoms with Gasteiger partial charge >= 0.3 is 0 Å². The third-order valence-corrected chi connectivity index (χ3v) is 2.73. The Labute approximate surface area is 103 Å². The molecule has 1 aromatic rings. The molecule has 1 unspecified atom stereocenters. The van der Waals surface area contributed by atoms with Crippen LogP contribution in [-0.4, -0.2) is 23.9 Å². The molecule has 1 atom stereocenters. The lowest BCUT2D eigenvalue weighted by molar-refractivity contribution is 0.0740. The molecule has 1 aromatic carbocycles. The highest BCUT2D eigenvalue weighted by atomic mass is 35.5. The fourth-order valence-electron chi connectivity index (χ4n) is 1.30. The summed E-state index contributed by atoms with van der Waals surface area (Å²) in [4.78, 5) is 13.7. The van der Waals surface area contributed by atoms with Crippen molar-refractivity contribution < 1.29 is 4.79 Å². The molecule has 0 bridgehead atoms. The van der Waals surface area contributed by atoms with E-state index in [0.29, 0.717) is 11.3 Å². The van der Waals surface area contributed by atoms with Crippen molar-refractivity contribution in [3.05, 3.63) is 29.8 Å². The van der Waals surface area contributed by atoms with Gasteiger partial charge in [-0.25, -0.2) is 0 Å². The van der Waals surface area contributed by atoms with Gasteiger partial charge in [-0.3, -0.25) is 4.79 Å². The maximum atomic E-state index is 11.9. The molecule has 1 rings (SSSR count). The summed E-state index contributed by atoms with van der Waals surface area (Å²) in [5.41, 5.74) is 6.93. The van der Waals surface area contributed by atoms with Crippen molar-refractivity contribution in [1.29, 1.82) is 0 Å². The van der Waals surface area contributed by atoms with E-state index in [-0.39, 0.29) is 24.4 Å². The lowest BCUT2D eigenvalue weighted by Crippen LogP contribution is -2.34. The quantitative estimate of drug-likeness (QED) is 0.829. The third kappa shape index (κ3) is 3.42. The summed E-state index contributed by atoms with van der Waals surface area (Å²) in [7, 11) is 1.83. The van der Waals surface area contributed by atoms with E-state index in [2.05, 4.69) is 6.92 Å². The third-order valence-electron chi connectivity index (χ3n) is 2.73. The minimum absolute atomic E-state index is 0. The molecule has 0 spiro atoms. The van der Waals surface area contributed by atoms with E-state index in [1.165, 1.54) is 0 Å². The number of rotatable bonds is 3. The van der Waals surface area contributed by atoms with E-state index in [9.17, 15) is 4.79 Å². The van der Waals surface area contributed by atoms with Gasteiger partial charge in [-0.05, 0) is 37.6 Å². The minimum Gasteiger partial charge on any atom is -0.399 e. The van der Waals surface area contributed by atoms with Crippen molar-refractivity contribution in [3.63, 3.8) is 0 Å². The van der Waals surface area contributed by atoms with Crippen LogP contribution in [0, 0.1) is 0 Å². The van der Waals surface area contributed by atoms with E-state index in [1.54, 1.807) is 29.2 Å². The summed E-state index contributed by atoms with van der Waals surface area (Å²) < 4.78 is 0. The molecule has 2 N–H and O–H groups in total. The van der Waals surface area contributed by atoms with Gasteiger partial charge in [0.1, 0.15) is 0 Å². The summed E-state index contributed by atoms with van der Waals surface area (Å²) in [6.45, 7) is 4.10. The zero-order chi connectivity index (χ0) is 11.4. The van der Waals surface area contributed by atoms with Crippen LogP contribution in [0.4, 0.5) is 5.69 Å².